The third-order valence-corrected chi connectivity index (χ3v) is 5.19. The van der Waals surface area contributed by atoms with Gasteiger partial charge < -0.3 is 15.5 Å². The Balaban J connectivity index is 0.000000300. The summed E-state index contributed by atoms with van der Waals surface area (Å²) in [6.45, 7) is 3.26. The van der Waals surface area contributed by atoms with Crippen molar-refractivity contribution in [3.05, 3.63) is 46.5 Å². The fourth-order valence-electron chi connectivity index (χ4n) is 3.99. The Hall–Kier alpha value is -2.94. The van der Waals surface area contributed by atoms with Gasteiger partial charge in [-0.1, -0.05) is 12.1 Å². The van der Waals surface area contributed by atoms with Gasteiger partial charge in [-0.3, -0.25) is 15.0 Å². The van der Waals surface area contributed by atoms with Crippen molar-refractivity contribution >= 4 is 23.3 Å². The molecule has 2 aliphatic rings. The number of aliphatic carboxylic acids is 2. The van der Waals surface area contributed by atoms with Gasteiger partial charge in [-0.05, 0) is 51.3 Å². The molecule has 2 heterocycles. The molecule has 2 aliphatic heterocycles. The number of hydrogen-bond acceptors (Lipinski definition) is 6. The molecule has 0 atom stereocenters. The number of nitrogens with one attached hydrogen (secondary N) is 1. The molecule has 0 spiro atoms. The smallest absolute Gasteiger partial charge is 0.328 e. The molecule has 0 saturated carbocycles. The highest BCUT2D eigenvalue weighted by molar-refractivity contribution is 5.89. The Morgan fingerprint density at radius 2 is 1.71 bits per heavy atom. The lowest BCUT2D eigenvalue weighted by atomic mass is 9.90. The molecule has 1 aromatic rings. The lowest BCUT2D eigenvalue weighted by Crippen LogP contribution is -2.39. The van der Waals surface area contributed by atoms with Gasteiger partial charge in [0.05, 0.1) is 4.92 Å². The quantitative estimate of drug-likeness (QED) is 0.367. The Morgan fingerprint density at radius 1 is 1.14 bits per heavy atom. The van der Waals surface area contributed by atoms with E-state index in [-0.39, 0.29) is 10.6 Å². The molecule has 1 aromatic carbocycles. The minimum Gasteiger partial charge on any atom is -0.478 e. The van der Waals surface area contributed by atoms with Gasteiger partial charge in [0.25, 0.3) is 5.69 Å². The normalized spacial score (nSPS) is 17.6. The Morgan fingerprint density at radius 3 is 2.25 bits per heavy atom. The summed E-state index contributed by atoms with van der Waals surface area (Å²) < 4.78 is 0. The summed E-state index contributed by atoms with van der Waals surface area (Å²) in [5.74, 6) is -2.51. The number of nitrogens with zero attached hydrogens (tertiary/aromatic N) is 2. The number of carboxylic acids is 2. The fourth-order valence-corrected chi connectivity index (χ4v) is 3.99. The van der Waals surface area contributed by atoms with Crippen LogP contribution in [0.15, 0.2) is 36.4 Å². The second-order valence-electron chi connectivity index (χ2n) is 6.88. The van der Waals surface area contributed by atoms with E-state index >= 15 is 0 Å². The summed E-state index contributed by atoms with van der Waals surface area (Å²) >= 11 is 0. The molecule has 0 radical (unpaired) electrons. The van der Waals surface area contributed by atoms with Crippen LogP contribution in [0.25, 0.3) is 0 Å². The molecule has 3 N–H and O–H groups in total. The van der Waals surface area contributed by atoms with E-state index in [1.165, 1.54) is 38.8 Å². The minimum absolute atomic E-state index is 0.166. The first-order valence-corrected chi connectivity index (χ1v) is 9.20. The zero-order chi connectivity index (χ0) is 20.6. The van der Waals surface area contributed by atoms with Crippen LogP contribution in [-0.4, -0.2) is 57.1 Å². The van der Waals surface area contributed by atoms with Crippen molar-refractivity contribution < 1.29 is 24.7 Å². The van der Waals surface area contributed by atoms with E-state index in [4.69, 9.17) is 10.2 Å². The summed E-state index contributed by atoms with van der Waals surface area (Å²) in [6.07, 6.45) is 7.36. The summed E-state index contributed by atoms with van der Waals surface area (Å²) in [5, 5.41) is 29.9. The molecule has 3 rings (SSSR count). The number of hydrogen-bond donors (Lipinski definition) is 3. The predicted molar refractivity (Wildman–Crippen MR) is 103 cm³/mol. The number of para-hydroxylation sites is 2. The summed E-state index contributed by atoms with van der Waals surface area (Å²) in [4.78, 5) is 32.4. The molecule has 2 saturated heterocycles. The van der Waals surface area contributed by atoms with E-state index in [0.29, 0.717) is 23.4 Å². The summed E-state index contributed by atoms with van der Waals surface area (Å²) in [7, 11) is 0. The van der Waals surface area contributed by atoms with Gasteiger partial charge >= 0.3 is 11.9 Å². The maximum Gasteiger partial charge on any atom is 0.328 e. The molecule has 9 heteroatoms. The number of nitro benzene ring substituents is 1. The van der Waals surface area contributed by atoms with E-state index in [1.807, 2.05) is 6.07 Å². The van der Waals surface area contributed by atoms with Gasteiger partial charge in [0.2, 0.25) is 0 Å². The third kappa shape index (κ3) is 5.78. The molecule has 2 fully saturated rings. The molecule has 0 amide bonds. The average molecular weight is 391 g/mol. The fraction of sp³-hybridized carbons (Fsp3) is 0.474. The van der Waals surface area contributed by atoms with Crippen molar-refractivity contribution in [1.29, 1.82) is 0 Å². The average Bonchev–Trinajstić information content (AvgIpc) is 3.21. The molecule has 0 aliphatic carbocycles. The van der Waals surface area contributed by atoms with Crippen LogP contribution in [0.2, 0.25) is 0 Å². The number of benzene rings is 1. The van der Waals surface area contributed by atoms with Gasteiger partial charge in [-0.15, -0.1) is 0 Å². The maximum atomic E-state index is 11.0. The Kier molecular flexibility index (Phi) is 7.51. The van der Waals surface area contributed by atoms with Crippen LogP contribution in [0.4, 0.5) is 11.4 Å². The van der Waals surface area contributed by atoms with Gasteiger partial charge in [0, 0.05) is 30.3 Å². The van der Waals surface area contributed by atoms with E-state index in [1.54, 1.807) is 18.2 Å². The number of carbonyl (C=O) groups is 2. The number of anilines is 1. The van der Waals surface area contributed by atoms with Gasteiger partial charge in [-0.25, -0.2) is 9.59 Å². The van der Waals surface area contributed by atoms with Crippen molar-refractivity contribution in [2.24, 2.45) is 0 Å². The summed E-state index contributed by atoms with van der Waals surface area (Å²) in [6, 6.07) is 6.89. The number of carboxylic acid groups (broad SMARTS) is 2. The van der Waals surface area contributed by atoms with E-state index in [0.717, 1.165) is 13.0 Å². The molecule has 152 valence electrons. The van der Waals surface area contributed by atoms with Crippen LogP contribution in [-0.2, 0) is 9.59 Å². The van der Waals surface area contributed by atoms with Crippen molar-refractivity contribution in [2.45, 2.75) is 37.6 Å². The van der Waals surface area contributed by atoms with Crippen LogP contribution in [0.3, 0.4) is 0 Å². The molecular formula is C19H25N3O6. The zero-order valence-corrected chi connectivity index (χ0v) is 15.5. The van der Waals surface area contributed by atoms with Crippen LogP contribution >= 0.6 is 0 Å². The van der Waals surface area contributed by atoms with Crippen molar-refractivity contribution in [3.63, 3.8) is 0 Å². The third-order valence-electron chi connectivity index (χ3n) is 5.19. The predicted octanol–water partition coefficient (Wildman–Crippen LogP) is 2.74. The molecule has 0 unspecified atom stereocenters. The van der Waals surface area contributed by atoms with Crippen LogP contribution in [0.1, 0.15) is 32.1 Å². The van der Waals surface area contributed by atoms with Crippen LogP contribution < -0.4 is 5.32 Å². The lowest BCUT2D eigenvalue weighted by molar-refractivity contribution is -0.384. The van der Waals surface area contributed by atoms with E-state index in [9.17, 15) is 19.7 Å². The topological polar surface area (TPSA) is 133 Å². The standard InChI is InChI=1S/C15H21N3O2.C4H4O4/c19-18(20)14-6-2-1-5-13(14)16-10-9-15-7-3-11-17(15)12-4-8-15;5-3(6)1-2-4(7)8/h1-2,5-6,16H,3-4,7-12H2;1-2H,(H,5,6)(H,7,8)/b;2-1+. The molecule has 0 aromatic heterocycles. The highest BCUT2D eigenvalue weighted by atomic mass is 16.6. The van der Waals surface area contributed by atoms with Crippen molar-refractivity contribution in [1.82, 2.24) is 4.90 Å². The van der Waals surface area contributed by atoms with Gasteiger partial charge in [-0.2, -0.15) is 0 Å². The second-order valence-corrected chi connectivity index (χ2v) is 6.88. The van der Waals surface area contributed by atoms with Crippen molar-refractivity contribution in [2.75, 3.05) is 25.0 Å². The second kappa shape index (κ2) is 9.84. The first-order valence-electron chi connectivity index (χ1n) is 9.20. The van der Waals surface area contributed by atoms with Gasteiger partial charge in [0.1, 0.15) is 5.69 Å². The van der Waals surface area contributed by atoms with Crippen LogP contribution in [0.5, 0.6) is 0 Å². The Bertz CT molecular complexity index is 723. The summed E-state index contributed by atoms with van der Waals surface area (Å²) in [5.41, 5.74) is 1.17. The van der Waals surface area contributed by atoms with Crippen molar-refractivity contribution in [3.8, 4) is 0 Å². The minimum atomic E-state index is -1.26. The molecular weight excluding hydrogens is 366 g/mol. The van der Waals surface area contributed by atoms with E-state index < -0.39 is 11.9 Å². The lowest BCUT2D eigenvalue weighted by Gasteiger charge is -2.32. The number of rotatable bonds is 7. The van der Waals surface area contributed by atoms with E-state index in [2.05, 4.69) is 10.2 Å². The highest BCUT2D eigenvalue weighted by Crippen LogP contribution is 2.41. The van der Waals surface area contributed by atoms with Gasteiger partial charge in [0.15, 0.2) is 0 Å². The number of fused-ring (bicyclic) bond motifs is 1. The molecule has 28 heavy (non-hydrogen) atoms. The number of nitro groups is 1. The highest BCUT2D eigenvalue weighted by Gasteiger charge is 2.43. The Labute approximate surface area is 162 Å². The molecule has 0 bridgehead atoms. The first kappa shape index (κ1) is 21.4. The largest absolute Gasteiger partial charge is 0.478 e. The maximum absolute atomic E-state index is 11.0. The first-order chi connectivity index (χ1) is 13.3. The van der Waals surface area contributed by atoms with Crippen LogP contribution in [0, 0.1) is 10.1 Å². The molecule has 9 nitrogen and oxygen atoms in total. The zero-order valence-electron chi connectivity index (χ0n) is 15.5. The SMILES string of the molecule is O=C(O)/C=C/C(=O)O.O=[N+]([O-])c1ccccc1NCCC12CCCN1CCC2. The monoisotopic (exact) mass is 391 g/mol.